The molecule has 3 fully saturated rings. The lowest BCUT2D eigenvalue weighted by molar-refractivity contribution is -0.149. The number of carbonyl (C=O) groups excluding carboxylic acids is 4. The number of carbonyl (C=O) groups is 4. The van der Waals surface area contributed by atoms with Crippen molar-refractivity contribution in [2.45, 2.75) is 25.7 Å². The number of hydrogen-bond donors (Lipinski definition) is 1. The van der Waals surface area contributed by atoms with Crippen LogP contribution >= 0.6 is 27.5 Å². The summed E-state index contributed by atoms with van der Waals surface area (Å²) in [6, 6.07) is 4.92. The average Bonchev–Trinajstić information content (AvgIpc) is 3.36. The van der Waals surface area contributed by atoms with Crippen LogP contribution in [0, 0.1) is 23.7 Å². The van der Waals surface area contributed by atoms with E-state index in [1.165, 1.54) is 4.90 Å². The summed E-state index contributed by atoms with van der Waals surface area (Å²) in [5.41, 5.74) is 0.480. The van der Waals surface area contributed by atoms with Crippen LogP contribution < -0.4 is 5.32 Å². The Kier molecular flexibility index (Phi) is 5.66. The Hall–Kier alpha value is -1.93. The van der Waals surface area contributed by atoms with Crippen LogP contribution in [0.25, 0.3) is 0 Å². The summed E-state index contributed by atoms with van der Waals surface area (Å²) in [6.07, 6.45) is 2.88. The van der Waals surface area contributed by atoms with E-state index in [0.717, 1.165) is 19.3 Å². The number of fused-ring (bicyclic) bond motifs is 5. The van der Waals surface area contributed by atoms with Crippen molar-refractivity contribution in [1.82, 2.24) is 4.90 Å². The predicted molar refractivity (Wildman–Crippen MR) is 108 cm³/mol. The Morgan fingerprint density at radius 2 is 1.83 bits per heavy atom. The molecule has 1 aromatic carbocycles. The number of ether oxygens (including phenoxy) is 1. The van der Waals surface area contributed by atoms with Crippen molar-refractivity contribution >= 4 is 56.9 Å². The first-order valence-electron chi connectivity index (χ1n) is 9.61. The van der Waals surface area contributed by atoms with Gasteiger partial charge in [0.05, 0.1) is 23.3 Å². The van der Waals surface area contributed by atoms with Gasteiger partial charge in [0.2, 0.25) is 11.8 Å². The molecule has 29 heavy (non-hydrogen) atoms. The minimum atomic E-state index is -0.630. The molecule has 1 aliphatic heterocycles. The van der Waals surface area contributed by atoms with Crippen LogP contribution in [0.3, 0.4) is 0 Å². The molecule has 1 N–H and O–H groups in total. The number of nitrogens with zero attached hydrogens (tertiary/aromatic N) is 1. The number of anilines is 1. The molecule has 2 bridgehead atoms. The molecule has 1 aromatic rings. The fourth-order valence-electron chi connectivity index (χ4n) is 4.88. The van der Waals surface area contributed by atoms with E-state index in [0.29, 0.717) is 27.0 Å². The van der Waals surface area contributed by atoms with Gasteiger partial charge >= 0.3 is 5.97 Å². The van der Waals surface area contributed by atoms with E-state index < -0.39 is 18.5 Å². The lowest BCUT2D eigenvalue weighted by Gasteiger charge is -2.19. The van der Waals surface area contributed by atoms with Crippen molar-refractivity contribution in [1.29, 1.82) is 0 Å². The molecular weight excluding hydrogens is 464 g/mol. The molecule has 3 amide bonds. The number of rotatable bonds is 6. The van der Waals surface area contributed by atoms with Crippen molar-refractivity contribution in [3.63, 3.8) is 0 Å². The summed E-state index contributed by atoms with van der Waals surface area (Å²) in [5, 5.41) is 3.02. The van der Waals surface area contributed by atoms with Crippen molar-refractivity contribution in [3.05, 3.63) is 27.7 Å². The number of amides is 3. The van der Waals surface area contributed by atoms with Crippen molar-refractivity contribution in [3.8, 4) is 0 Å². The number of esters is 1. The molecule has 3 aliphatic rings. The van der Waals surface area contributed by atoms with Gasteiger partial charge in [0.15, 0.2) is 6.61 Å². The molecule has 0 unspecified atom stereocenters. The van der Waals surface area contributed by atoms with Gasteiger partial charge in [-0.25, -0.2) is 0 Å². The van der Waals surface area contributed by atoms with E-state index in [2.05, 4.69) is 21.2 Å². The Bertz CT molecular complexity index is 864. The average molecular weight is 484 g/mol. The van der Waals surface area contributed by atoms with Crippen molar-refractivity contribution in [2.24, 2.45) is 23.7 Å². The molecule has 0 radical (unpaired) electrons. The van der Waals surface area contributed by atoms with Crippen molar-refractivity contribution < 1.29 is 23.9 Å². The molecule has 0 spiro atoms. The molecule has 2 aliphatic carbocycles. The molecule has 4 atom stereocenters. The van der Waals surface area contributed by atoms with Gasteiger partial charge in [0.25, 0.3) is 5.91 Å². The highest BCUT2D eigenvalue weighted by molar-refractivity contribution is 9.10. The molecule has 2 saturated carbocycles. The van der Waals surface area contributed by atoms with Gasteiger partial charge in [0, 0.05) is 16.7 Å². The van der Waals surface area contributed by atoms with Gasteiger partial charge in [-0.3, -0.25) is 24.1 Å². The summed E-state index contributed by atoms with van der Waals surface area (Å²) in [5.74, 6) is -1.19. The highest BCUT2D eigenvalue weighted by Gasteiger charge is 2.60. The van der Waals surface area contributed by atoms with Gasteiger partial charge in [-0.05, 0) is 65.2 Å². The second-order valence-electron chi connectivity index (χ2n) is 7.80. The predicted octanol–water partition coefficient (Wildman–Crippen LogP) is 3.01. The lowest BCUT2D eigenvalue weighted by Crippen LogP contribution is -2.35. The maximum Gasteiger partial charge on any atom is 0.308 e. The van der Waals surface area contributed by atoms with E-state index in [1.807, 2.05) is 0 Å². The van der Waals surface area contributed by atoms with Crippen LogP contribution in [0.4, 0.5) is 5.69 Å². The van der Waals surface area contributed by atoms with Crippen LogP contribution in [-0.2, 0) is 23.9 Å². The van der Waals surface area contributed by atoms with E-state index >= 15 is 0 Å². The molecule has 1 saturated heterocycles. The standard InChI is InChI=1S/C20H20BrClN2O5/c21-13-4-3-12(8-14(13)22)23-15(25)9-29-16(26)5-6-24-19(27)17-10-1-2-11(7-10)18(17)20(24)28/h3-4,8,10-11,17-18H,1-2,5-7,9H2,(H,23,25)/t10-,11-,17-,18-/m0/s1. The fourth-order valence-corrected chi connectivity index (χ4v) is 5.31. The normalized spacial score (nSPS) is 27.3. The maximum absolute atomic E-state index is 12.6. The highest BCUT2D eigenvalue weighted by atomic mass is 79.9. The first-order chi connectivity index (χ1) is 13.8. The van der Waals surface area contributed by atoms with E-state index in [-0.39, 0.29) is 36.6 Å². The number of benzene rings is 1. The molecule has 7 nitrogen and oxygen atoms in total. The molecule has 0 aromatic heterocycles. The van der Waals surface area contributed by atoms with Gasteiger partial charge < -0.3 is 10.1 Å². The molecule has 154 valence electrons. The summed E-state index contributed by atoms with van der Waals surface area (Å²) in [4.78, 5) is 50.3. The zero-order chi connectivity index (χ0) is 20.7. The fraction of sp³-hybridized carbons (Fsp3) is 0.500. The Balaban J connectivity index is 1.23. The Morgan fingerprint density at radius 1 is 1.17 bits per heavy atom. The van der Waals surface area contributed by atoms with E-state index in [1.54, 1.807) is 18.2 Å². The summed E-state index contributed by atoms with van der Waals surface area (Å²) in [6.45, 7) is -0.448. The third kappa shape index (κ3) is 3.92. The number of likely N-dealkylation sites (tertiary alicyclic amines) is 1. The van der Waals surface area contributed by atoms with E-state index in [4.69, 9.17) is 16.3 Å². The third-order valence-corrected chi connectivity index (χ3v) is 7.36. The molecule has 4 rings (SSSR count). The topological polar surface area (TPSA) is 92.8 Å². The van der Waals surface area contributed by atoms with Crippen LogP contribution in [0.15, 0.2) is 22.7 Å². The number of imide groups is 1. The highest BCUT2D eigenvalue weighted by Crippen LogP contribution is 2.56. The lowest BCUT2D eigenvalue weighted by atomic mass is 9.81. The van der Waals surface area contributed by atoms with Crippen LogP contribution in [0.2, 0.25) is 5.02 Å². The minimum Gasteiger partial charge on any atom is -0.456 e. The molecule has 9 heteroatoms. The van der Waals surface area contributed by atoms with Gasteiger partial charge in [-0.1, -0.05) is 11.6 Å². The Morgan fingerprint density at radius 3 is 2.45 bits per heavy atom. The van der Waals surface area contributed by atoms with Crippen LogP contribution in [-0.4, -0.2) is 41.7 Å². The first-order valence-corrected chi connectivity index (χ1v) is 10.8. The molecule has 1 heterocycles. The largest absolute Gasteiger partial charge is 0.456 e. The summed E-state index contributed by atoms with van der Waals surface area (Å²) < 4.78 is 5.67. The number of nitrogens with one attached hydrogen (secondary N) is 1. The maximum atomic E-state index is 12.6. The second-order valence-corrected chi connectivity index (χ2v) is 9.06. The van der Waals surface area contributed by atoms with Gasteiger partial charge in [0.1, 0.15) is 0 Å². The SMILES string of the molecule is O=C(COC(=O)CCN1C(=O)[C@H]2[C@H]3CC[C@@H](C3)[C@@H]2C1=O)Nc1ccc(Br)c(Cl)c1. The number of hydrogen-bond acceptors (Lipinski definition) is 5. The Labute approximate surface area is 181 Å². The zero-order valence-corrected chi connectivity index (χ0v) is 17.9. The van der Waals surface area contributed by atoms with Gasteiger partial charge in [-0.15, -0.1) is 0 Å². The van der Waals surface area contributed by atoms with Gasteiger partial charge in [-0.2, -0.15) is 0 Å². The van der Waals surface area contributed by atoms with Crippen molar-refractivity contribution in [2.75, 3.05) is 18.5 Å². The van der Waals surface area contributed by atoms with Crippen LogP contribution in [0.5, 0.6) is 0 Å². The molecular formula is C20H20BrClN2O5. The number of halogens is 2. The summed E-state index contributed by atoms with van der Waals surface area (Å²) >= 11 is 9.22. The quantitative estimate of drug-likeness (QED) is 0.496. The smallest absolute Gasteiger partial charge is 0.308 e. The summed E-state index contributed by atoms with van der Waals surface area (Å²) in [7, 11) is 0. The minimum absolute atomic E-state index is 0.00682. The monoisotopic (exact) mass is 482 g/mol. The van der Waals surface area contributed by atoms with Crippen LogP contribution in [0.1, 0.15) is 25.7 Å². The second kappa shape index (κ2) is 8.07. The van der Waals surface area contributed by atoms with E-state index in [9.17, 15) is 19.2 Å². The first kappa shape index (κ1) is 20.3. The zero-order valence-electron chi connectivity index (χ0n) is 15.5. The third-order valence-electron chi connectivity index (χ3n) is 6.13.